The molecule has 0 saturated carbocycles. The van der Waals surface area contributed by atoms with E-state index in [1.54, 1.807) is 24.3 Å². The Morgan fingerprint density at radius 1 is 0.829 bits per heavy atom. The second-order valence-corrected chi connectivity index (χ2v) is 10.5. The van der Waals surface area contributed by atoms with Gasteiger partial charge in [0.25, 0.3) is 0 Å². The first-order valence-electron chi connectivity index (χ1n) is 14.5. The third-order valence-electron chi connectivity index (χ3n) is 6.90. The molecule has 0 atom stereocenters. The summed E-state index contributed by atoms with van der Waals surface area (Å²) in [5.41, 5.74) is 11.0. The van der Waals surface area contributed by atoms with Crippen molar-refractivity contribution >= 4 is 23.3 Å². The quantitative estimate of drug-likeness (QED) is 0.0626. The van der Waals surface area contributed by atoms with Crippen molar-refractivity contribution in [2.45, 2.75) is 71.6 Å². The summed E-state index contributed by atoms with van der Waals surface area (Å²) in [5, 5.41) is 9.52. The molecule has 0 amide bonds. The molecule has 0 fully saturated rings. The maximum atomic E-state index is 13.2. The molecule has 41 heavy (non-hydrogen) atoms. The van der Waals surface area contributed by atoms with Gasteiger partial charge in [0.15, 0.2) is 0 Å². The molecule has 0 bridgehead atoms. The fourth-order valence-electron chi connectivity index (χ4n) is 4.70. The number of rotatable bonds is 16. The monoisotopic (exact) mass is 556 g/mol. The number of benzene rings is 3. The normalized spacial score (nSPS) is 11.2. The number of allylic oxidation sites excluding steroid dienone is 1. The summed E-state index contributed by atoms with van der Waals surface area (Å²) in [6, 6.07) is 19.3. The SMILES string of the molecule is Cc1cc(N)cc(C(=O)OCCCCCCCCCCCOc2ccc(/C=C(\C#N)c3ccc(F)cc3)cc2C)c1. The number of esters is 1. The lowest BCUT2D eigenvalue weighted by molar-refractivity contribution is 0.0497. The minimum Gasteiger partial charge on any atom is -0.493 e. The van der Waals surface area contributed by atoms with Crippen molar-refractivity contribution < 1.29 is 18.7 Å². The smallest absolute Gasteiger partial charge is 0.338 e. The van der Waals surface area contributed by atoms with Gasteiger partial charge in [0.2, 0.25) is 0 Å². The highest BCUT2D eigenvalue weighted by Crippen LogP contribution is 2.24. The highest BCUT2D eigenvalue weighted by Gasteiger charge is 2.08. The number of ether oxygens (including phenoxy) is 2. The van der Waals surface area contributed by atoms with Crippen LogP contribution in [0.1, 0.15) is 90.4 Å². The Morgan fingerprint density at radius 2 is 1.46 bits per heavy atom. The lowest BCUT2D eigenvalue weighted by Gasteiger charge is -2.10. The van der Waals surface area contributed by atoms with Gasteiger partial charge >= 0.3 is 5.97 Å². The predicted octanol–water partition coefficient (Wildman–Crippen LogP) is 8.84. The predicted molar refractivity (Wildman–Crippen MR) is 164 cm³/mol. The summed E-state index contributed by atoms with van der Waals surface area (Å²) < 4.78 is 24.6. The first-order valence-corrected chi connectivity index (χ1v) is 14.5. The zero-order chi connectivity index (χ0) is 29.5. The van der Waals surface area contributed by atoms with Gasteiger partial charge in [-0.15, -0.1) is 0 Å². The van der Waals surface area contributed by atoms with E-state index in [4.69, 9.17) is 15.2 Å². The van der Waals surface area contributed by atoms with Crippen molar-refractivity contribution in [1.82, 2.24) is 0 Å². The summed E-state index contributed by atoms with van der Waals surface area (Å²) in [4.78, 5) is 12.1. The molecule has 0 aliphatic heterocycles. The van der Waals surface area contributed by atoms with E-state index >= 15 is 0 Å². The van der Waals surface area contributed by atoms with Gasteiger partial charge in [-0.2, -0.15) is 5.26 Å². The van der Waals surface area contributed by atoms with Gasteiger partial charge < -0.3 is 15.2 Å². The van der Waals surface area contributed by atoms with Crippen molar-refractivity contribution in [2.75, 3.05) is 18.9 Å². The van der Waals surface area contributed by atoms with Crippen LogP contribution in [0.5, 0.6) is 5.75 Å². The molecule has 3 aromatic carbocycles. The molecule has 0 unspecified atom stereocenters. The van der Waals surface area contributed by atoms with Gasteiger partial charge in [0, 0.05) is 5.69 Å². The van der Waals surface area contributed by atoms with Gasteiger partial charge in [0.05, 0.1) is 30.4 Å². The molecule has 6 heteroatoms. The zero-order valence-corrected chi connectivity index (χ0v) is 24.3. The fraction of sp³-hybridized carbons (Fsp3) is 0.371. The molecule has 2 N–H and O–H groups in total. The first-order chi connectivity index (χ1) is 19.9. The molecule has 0 aliphatic carbocycles. The van der Waals surface area contributed by atoms with E-state index in [-0.39, 0.29) is 11.8 Å². The van der Waals surface area contributed by atoms with Crippen LogP contribution >= 0.6 is 0 Å². The number of hydrogen-bond acceptors (Lipinski definition) is 5. The number of nitrogens with two attached hydrogens (primary N) is 1. The van der Waals surface area contributed by atoms with Crippen molar-refractivity contribution in [2.24, 2.45) is 0 Å². The molecule has 216 valence electrons. The molecular weight excluding hydrogens is 515 g/mol. The van der Waals surface area contributed by atoms with Crippen LogP contribution in [0.15, 0.2) is 60.7 Å². The molecule has 0 saturated heterocycles. The second kappa shape index (κ2) is 16.9. The van der Waals surface area contributed by atoms with Crippen molar-refractivity contribution in [3.8, 4) is 11.8 Å². The number of hydrogen-bond donors (Lipinski definition) is 1. The number of carbonyl (C=O) groups excluding carboxylic acids is 1. The van der Waals surface area contributed by atoms with Crippen LogP contribution in [0, 0.1) is 31.0 Å². The first kappa shape index (κ1) is 31.4. The maximum absolute atomic E-state index is 13.2. The largest absolute Gasteiger partial charge is 0.493 e. The number of nitrogens with zero attached hydrogens (tertiary/aromatic N) is 1. The highest BCUT2D eigenvalue weighted by atomic mass is 19.1. The van der Waals surface area contributed by atoms with Crippen molar-refractivity contribution in [3.63, 3.8) is 0 Å². The molecular formula is C35H41FN2O3. The standard InChI is InChI=1S/C35H41FN2O3/c1-26-20-30(24-33(38)21-26)35(39)41-19-11-9-7-5-3-4-6-8-10-18-40-34-17-12-28(22-27(34)2)23-31(25-37)29-13-15-32(36)16-14-29/h12-17,20-24H,3-11,18-19,38H2,1-2H3/b31-23+. The van der Waals surface area contributed by atoms with E-state index in [9.17, 15) is 14.4 Å². The van der Waals surface area contributed by atoms with Crippen LogP contribution in [0.2, 0.25) is 0 Å². The molecule has 3 aromatic rings. The minimum absolute atomic E-state index is 0.304. The molecule has 5 nitrogen and oxygen atoms in total. The van der Waals surface area contributed by atoms with E-state index in [0.717, 1.165) is 54.5 Å². The summed E-state index contributed by atoms with van der Waals surface area (Å²) >= 11 is 0. The number of aryl methyl sites for hydroxylation is 2. The molecule has 0 aromatic heterocycles. The number of anilines is 1. The number of unbranched alkanes of at least 4 members (excludes halogenated alkanes) is 8. The highest BCUT2D eigenvalue weighted by molar-refractivity contribution is 5.91. The molecule has 0 radical (unpaired) electrons. The topological polar surface area (TPSA) is 85.3 Å². The van der Waals surface area contributed by atoms with E-state index in [2.05, 4.69) is 6.07 Å². The Morgan fingerprint density at radius 3 is 2.07 bits per heavy atom. The van der Waals surface area contributed by atoms with Crippen LogP contribution in [-0.4, -0.2) is 19.2 Å². The summed E-state index contributed by atoms with van der Waals surface area (Å²) in [7, 11) is 0. The fourth-order valence-corrected chi connectivity index (χ4v) is 4.70. The van der Waals surface area contributed by atoms with Crippen molar-refractivity contribution in [3.05, 3.63) is 94.3 Å². The summed E-state index contributed by atoms with van der Waals surface area (Å²) in [6.07, 6.45) is 11.9. The van der Waals surface area contributed by atoms with Crippen LogP contribution in [0.4, 0.5) is 10.1 Å². The lowest BCUT2D eigenvalue weighted by Crippen LogP contribution is -2.07. The van der Waals surface area contributed by atoms with Crippen molar-refractivity contribution in [1.29, 1.82) is 5.26 Å². The van der Waals surface area contributed by atoms with E-state index in [1.165, 1.54) is 37.8 Å². The number of carbonyl (C=O) groups is 1. The van der Waals surface area contributed by atoms with E-state index < -0.39 is 0 Å². The Labute approximate surface area is 243 Å². The molecule has 3 rings (SSSR count). The van der Waals surface area contributed by atoms with Crippen LogP contribution in [-0.2, 0) is 4.74 Å². The van der Waals surface area contributed by atoms with Gasteiger partial charge in [0.1, 0.15) is 11.6 Å². The van der Waals surface area contributed by atoms with Crippen LogP contribution in [0.25, 0.3) is 11.6 Å². The number of halogens is 1. The third-order valence-corrected chi connectivity index (χ3v) is 6.90. The van der Waals surface area contributed by atoms with E-state index in [0.29, 0.717) is 35.6 Å². The third kappa shape index (κ3) is 11.1. The van der Waals surface area contributed by atoms with Crippen LogP contribution in [0.3, 0.4) is 0 Å². The van der Waals surface area contributed by atoms with Gasteiger partial charge in [-0.25, -0.2) is 9.18 Å². The number of nitrogen functional groups attached to an aromatic ring is 1. The lowest BCUT2D eigenvalue weighted by atomic mass is 10.0. The Bertz CT molecular complexity index is 1320. The van der Waals surface area contributed by atoms with Gasteiger partial charge in [-0.05, 0) is 97.5 Å². The maximum Gasteiger partial charge on any atom is 0.338 e. The Balaban J connectivity index is 1.22. The van der Waals surface area contributed by atoms with E-state index in [1.807, 2.05) is 44.2 Å². The van der Waals surface area contributed by atoms with Gasteiger partial charge in [-0.1, -0.05) is 63.1 Å². The molecule has 0 aliphatic rings. The second-order valence-electron chi connectivity index (χ2n) is 10.5. The van der Waals surface area contributed by atoms with Crippen LogP contribution < -0.4 is 10.5 Å². The number of nitriles is 1. The van der Waals surface area contributed by atoms with Gasteiger partial charge in [-0.3, -0.25) is 0 Å². The minimum atomic E-state index is -0.321. The Hall–Kier alpha value is -4.11. The summed E-state index contributed by atoms with van der Waals surface area (Å²) in [5.74, 6) is 0.232. The average molecular weight is 557 g/mol. The zero-order valence-electron chi connectivity index (χ0n) is 24.3. The Kier molecular flexibility index (Phi) is 12.9. The molecule has 0 spiro atoms. The molecule has 0 heterocycles. The summed E-state index contributed by atoms with van der Waals surface area (Å²) in [6.45, 7) is 5.04. The average Bonchev–Trinajstić information content (AvgIpc) is 2.95.